The molecule has 1 atom stereocenters. The second kappa shape index (κ2) is 5.23. The Kier molecular flexibility index (Phi) is 3.60. The third-order valence-corrected chi connectivity index (χ3v) is 4.88. The van der Waals surface area contributed by atoms with Crippen LogP contribution in [0.25, 0.3) is 10.2 Å². The number of anilines is 1. The summed E-state index contributed by atoms with van der Waals surface area (Å²) in [5, 5.41) is 4.73. The van der Waals surface area contributed by atoms with Gasteiger partial charge in [-0.25, -0.2) is 9.97 Å². The number of rotatable bonds is 3. The monoisotopic (exact) mass is 296 g/mol. The summed E-state index contributed by atoms with van der Waals surface area (Å²) in [5.41, 5.74) is 6.96. The van der Waals surface area contributed by atoms with Crippen LogP contribution in [0.15, 0.2) is 0 Å². The molecule has 102 valence electrons. The molecule has 0 aliphatic heterocycles. The number of nitrogens with zero attached hydrogens (tertiary/aromatic N) is 2. The molecular weight excluding hydrogens is 280 g/mol. The number of fused-ring (bicyclic) bond motifs is 3. The third kappa shape index (κ3) is 2.42. The Balaban J connectivity index is 2.14. The van der Waals surface area contributed by atoms with E-state index < -0.39 is 0 Å². The van der Waals surface area contributed by atoms with E-state index in [1.54, 1.807) is 11.3 Å². The second-order valence-electron chi connectivity index (χ2n) is 5.09. The van der Waals surface area contributed by atoms with Crippen LogP contribution < -0.4 is 11.1 Å². The van der Waals surface area contributed by atoms with E-state index in [0.29, 0.717) is 18.4 Å². The minimum absolute atomic E-state index is 0.304. The number of hydrogen-bond donors (Lipinski definition) is 2. The molecule has 6 heteroatoms. The molecule has 1 aliphatic carbocycles. The molecule has 1 aliphatic rings. The Hall–Kier alpha value is -0.910. The topological polar surface area (TPSA) is 63.8 Å². The van der Waals surface area contributed by atoms with Crippen molar-refractivity contribution < 1.29 is 0 Å². The van der Waals surface area contributed by atoms with Gasteiger partial charge in [0.05, 0.1) is 5.39 Å². The molecule has 0 spiro atoms. The van der Waals surface area contributed by atoms with E-state index in [2.05, 4.69) is 22.2 Å². The molecule has 1 unspecified atom stereocenters. The molecule has 0 saturated heterocycles. The minimum atomic E-state index is 0.304. The van der Waals surface area contributed by atoms with Gasteiger partial charge >= 0.3 is 0 Å². The number of aromatic nitrogens is 2. The standard InChI is InChI=1S/C13H17ClN4S/c1-7-2-3-8-9(6-7)19-12-10(8)11(16-5-4-15)17-13(14)18-12/h7H,2-6,15H2,1H3,(H,16,17,18). The van der Waals surface area contributed by atoms with Gasteiger partial charge in [-0.3, -0.25) is 0 Å². The average Bonchev–Trinajstić information content (AvgIpc) is 2.72. The molecule has 2 heterocycles. The number of halogens is 1. The van der Waals surface area contributed by atoms with Gasteiger partial charge in [0, 0.05) is 18.0 Å². The largest absolute Gasteiger partial charge is 0.368 e. The first-order chi connectivity index (χ1) is 9.19. The van der Waals surface area contributed by atoms with E-state index in [-0.39, 0.29) is 0 Å². The van der Waals surface area contributed by atoms with Crippen LogP contribution in [0.2, 0.25) is 5.28 Å². The lowest BCUT2D eigenvalue weighted by Gasteiger charge is -2.18. The van der Waals surface area contributed by atoms with Crippen LogP contribution in [-0.2, 0) is 12.8 Å². The molecule has 2 aromatic heterocycles. The van der Waals surface area contributed by atoms with E-state index in [4.69, 9.17) is 17.3 Å². The van der Waals surface area contributed by atoms with Crippen molar-refractivity contribution in [1.82, 2.24) is 9.97 Å². The van der Waals surface area contributed by atoms with E-state index >= 15 is 0 Å². The zero-order valence-electron chi connectivity index (χ0n) is 10.9. The van der Waals surface area contributed by atoms with Crippen LogP contribution in [0, 0.1) is 5.92 Å². The van der Waals surface area contributed by atoms with E-state index in [9.17, 15) is 0 Å². The lowest BCUT2D eigenvalue weighted by Crippen LogP contribution is -2.15. The first-order valence-electron chi connectivity index (χ1n) is 6.60. The van der Waals surface area contributed by atoms with Crippen LogP contribution >= 0.6 is 22.9 Å². The van der Waals surface area contributed by atoms with Crippen molar-refractivity contribution >= 4 is 39.0 Å². The summed E-state index contributed by atoms with van der Waals surface area (Å²) in [6, 6.07) is 0. The van der Waals surface area contributed by atoms with Gasteiger partial charge in [0.15, 0.2) is 0 Å². The Morgan fingerprint density at radius 2 is 2.32 bits per heavy atom. The van der Waals surface area contributed by atoms with Crippen LogP contribution in [-0.4, -0.2) is 23.1 Å². The van der Waals surface area contributed by atoms with Crippen molar-refractivity contribution in [2.45, 2.75) is 26.2 Å². The van der Waals surface area contributed by atoms with Gasteiger partial charge in [0.1, 0.15) is 10.6 Å². The van der Waals surface area contributed by atoms with Crippen molar-refractivity contribution in [1.29, 1.82) is 0 Å². The highest BCUT2D eigenvalue weighted by Gasteiger charge is 2.23. The summed E-state index contributed by atoms with van der Waals surface area (Å²) in [6.45, 7) is 3.58. The van der Waals surface area contributed by atoms with Crippen molar-refractivity contribution in [2.75, 3.05) is 18.4 Å². The number of nitrogens with two attached hydrogens (primary N) is 1. The Morgan fingerprint density at radius 1 is 1.47 bits per heavy atom. The molecule has 0 aromatic carbocycles. The molecular formula is C13H17ClN4S. The van der Waals surface area contributed by atoms with Gasteiger partial charge in [0.25, 0.3) is 0 Å². The average molecular weight is 297 g/mol. The Morgan fingerprint density at radius 3 is 3.11 bits per heavy atom. The second-order valence-corrected chi connectivity index (χ2v) is 6.51. The molecule has 0 amide bonds. The van der Waals surface area contributed by atoms with Gasteiger partial charge < -0.3 is 11.1 Å². The molecule has 19 heavy (non-hydrogen) atoms. The molecule has 0 radical (unpaired) electrons. The first kappa shape index (κ1) is 13.1. The van der Waals surface area contributed by atoms with Crippen molar-refractivity contribution in [3.05, 3.63) is 15.7 Å². The summed E-state index contributed by atoms with van der Waals surface area (Å²) in [6.07, 6.45) is 3.49. The lowest BCUT2D eigenvalue weighted by atomic mass is 9.89. The number of nitrogens with one attached hydrogen (secondary N) is 1. The van der Waals surface area contributed by atoms with Gasteiger partial charge in [-0.2, -0.15) is 0 Å². The Labute approximate surface area is 121 Å². The highest BCUT2D eigenvalue weighted by Crippen LogP contribution is 2.40. The number of hydrogen-bond acceptors (Lipinski definition) is 5. The maximum atomic E-state index is 6.01. The molecule has 2 aromatic rings. The van der Waals surface area contributed by atoms with Gasteiger partial charge in [-0.1, -0.05) is 6.92 Å². The summed E-state index contributed by atoms with van der Waals surface area (Å²) in [7, 11) is 0. The Bertz CT molecular complexity index is 610. The summed E-state index contributed by atoms with van der Waals surface area (Å²) < 4.78 is 0. The molecule has 0 fully saturated rings. The van der Waals surface area contributed by atoms with Crippen LogP contribution in [0.1, 0.15) is 23.8 Å². The van der Waals surface area contributed by atoms with Crippen LogP contribution in [0.5, 0.6) is 0 Å². The maximum Gasteiger partial charge on any atom is 0.225 e. The highest BCUT2D eigenvalue weighted by molar-refractivity contribution is 7.19. The predicted molar refractivity (Wildman–Crippen MR) is 81.2 cm³/mol. The number of aryl methyl sites for hydroxylation is 1. The first-order valence-corrected chi connectivity index (χ1v) is 7.80. The molecule has 3 N–H and O–H groups in total. The SMILES string of the molecule is CC1CCc2c(sc3nc(Cl)nc(NCCN)c23)C1. The minimum Gasteiger partial charge on any atom is -0.368 e. The highest BCUT2D eigenvalue weighted by atomic mass is 35.5. The van der Waals surface area contributed by atoms with Crippen molar-refractivity contribution in [3.63, 3.8) is 0 Å². The van der Waals surface area contributed by atoms with Gasteiger partial charge in [-0.15, -0.1) is 11.3 Å². The van der Waals surface area contributed by atoms with Gasteiger partial charge in [0.2, 0.25) is 5.28 Å². The fourth-order valence-electron chi connectivity index (χ4n) is 2.63. The molecule has 3 rings (SSSR count). The van der Waals surface area contributed by atoms with Gasteiger partial charge in [-0.05, 0) is 42.3 Å². The third-order valence-electron chi connectivity index (χ3n) is 3.56. The molecule has 4 nitrogen and oxygen atoms in total. The van der Waals surface area contributed by atoms with Crippen LogP contribution in [0.3, 0.4) is 0 Å². The normalized spacial score (nSPS) is 18.6. The van der Waals surface area contributed by atoms with Crippen LogP contribution in [0.4, 0.5) is 5.82 Å². The summed E-state index contributed by atoms with van der Waals surface area (Å²) in [5.74, 6) is 1.59. The van der Waals surface area contributed by atoms with E-state index in [1.165, 1.54) is 16.9 Å². The molecule has 0 saturated carbocycles. The van der Waals surface area contributed by atoms with E-state index in [1.807, 2.05) is 0 Å². The van der Waals surface area contributed by atoms with Crippen molar-refractivity contribution in [2.24, 2.45) is 11.7 Å². The lowest BCUT2D eigenvalue weighted by molar-refractivity contribution is 0.509. The fourth-order valence-corrected chi connectivity index (χ4v) is 4.24. The molecule has 0 bridgehead atoms. The predicted octanol–water partition coefficient (Wildman–Crippen LogP) is 2.84. The van der Waals surface area contributed by atoms with E-state index in [0.717, 1.165) is 34.8 Å². The summed E-state index contributed by atoms with van der Waals surface area (Å²) in [4.78, 5) is 11.2. The maximum absolute atomic E-state index is 6.01. The smallest absolute Gasteiger partial charge is 0.225 e. The summed E-state index contributed by atoms with van der Waals surface area (Å²) >= 11 is 7.77. The quantitative estimate of drug-likeness (QED) is 0.855. The zero-order chi connectivity index (χ0) is 13.4. The fraction of sp³-hybridized carbons (Fsp3) is 0.538. The zero-order valence-corrected chi connectivity index (χ0v) is 12.4. The number of thiophene rings is 1. The van der Waals surface area contributed by atoms with Crippen molar-refractivity contribution in [3.8, 4) is 0 Å².